The van der Waals surface area contributed by atoms with Gasteiger partial charge in [0, 0.05) is 16.5 Å². The number of carbonyl (C=O) groups excluding carboxylic acids is 1. The van der Waals surface area contributed by atoms with E-state index in [0.717, 1.165) is 16.3 Å². The number of hydrogen-bond acceptors (Lipinski definition) is 3. The van der Waals surface area contributed by atoms with E-state index in [0.29, 0.717) is 6.42 Å². The highest BCUT2D eigenvalue weighted by Crippen LogP contribution is 2.23. The SMILES string of the molecule is Cc1cccc(-c2csc(CC(=O)NC(C)(C)C)n2)c1. The predicted molar refractivity (Wildman–Crippen MR) is 83.9 cm³/mol. The van der Waals surface area contributed by atoms with Crippen LogP contribution in [0.25, 0.3) is 11.3 Å². The highest BCUT2D eigenvalue weighted by atomic mass is 32.1. The number of carbonyl (C=O) groups is 1. The molecular weight excluding hydrogens is 268 g/mol. The second kappa shape index (κ2) is 5.75. The summed E-state index contributed by atoms with van der Waals surface area (Å²) in [5.41, 5.74) is 3.05. The Morgan fingerprint density at radius 1 is 1.35 bits per heavy atom. The standard InChI is InChI=1S/C16H20N2OS/c1-11-6-5-7-12(8-11)13-10-20-15(17-13)9-14(19)18-16(2,3)4/h5-8,10H,9H2,1-4H3,(H,18,19). The second-order valence-corrected chi connectivity index (χ2v) is 6.91. The van der Waals surface area contributed by atoms with Gasteiger partial charge in [0.1, 0.15) is 5.01 Å². The normalized spacial score (nSPS) is 11.4. The third kappa shape index (κ3) is 4.17. The van der Waals surface area contributed by atoms with E-state index in [1.165, 1.54) is 16.9 Å². The maximum absolute atomic E-state index is 11.9. The lowest BCUT2D eigenvalue weighted by Gasteiger charge is -2.19. The zero-order valence-corrected chi connectivity index (χ0v) is 13.2. The predicted octanol–water partition coefficient (Wildman–Crippen LogP) is 3.58. The topological polar surface area (TPSA) is 42.0 Å². The molecule has 0 aliphatic carbocycles. The summed E-state index contributed by atoms with van der Waals surface area (Å²) in [5, 5.41) is 5.81. The lowest BCUT2D eigenvalue weighted by Crippen LogP contribution is -2.41. The van der Waals surface area contributed by atoms with E-state index in [2.05, 4.69) is 29.4 Å². The molecule has 0 saturated carbocycles. The Balaban J connectivity index is 2.08. The van der Waals surface area contributed by atoms with Crippen LogP contribution in [0.2, 0.25) is 0 Å². The summed E-state index contributed by atoms with van der Waals surface area (Å²) in [7, 11) is 0. The lowest BCUT2D eigenvalue weighted by molar-refractivity contribution is -0.121. The van der Waals surface area contributed by atoms with Crippen LogP contribution in [0.15, 0.2) is 29.6 Å². The van der Waals surface area contributed by atoms with Crippen molar-refractivity contribution in [3.8, 4) is 11.3 Å². The van der Waals surface area contributed by atoms with Gasteiger partial charge in [0.2, 0.25) is 5.91 Å². The number of aryl methyl sites for hydroxylation is 1. The Labute approximate surface area is 124 Å². The van der Waals surface area contributed by atoms with Crippen molar-refractivity contribution in [1.82, 2.24) is 10.3 Å². The Kier molecular flexibility index (Phi) is 4.23. The summed E-state index contributed by atoms with van der Waals surface area (Å²) in [5.74, 6) is 0.0163. The van der Waals surface area contributed by atoms with E-state index in [1.807, 2.05) is 38.3 Å². The molecule has 4 heteroatoms. The van der Waals surface area contributed by atoms with Crippen LogP contribution in [0, 0.1) is 6.92 Å². The van der Waals surface area contributed by atoms with Crippen LogP contribution in [0.1, 0.15) is 31.3 Å². The quantitative estimate of drug-likeness (QED) is 0.938. The number of thiazole rings is 1. The zero-order valence-electron chi connectivity index (χ0n) is 12.4. The first-order valence-corrected chi connectivity index (χ1v) is 7.54. The summed E-state index contributed by atoms with van der Waals surface area (Å²) in [4.78, 5) is 16.4. The average molecular weight is 288 g/mol. The zero-order chi connectivity index (χ0) is 14.8. The van der Waals surface area contributed by atoms with Crippen LogP contribution >= 0.6 is 11.3 Å². The monoisotopic (exact) mass is 288 g/mol. The summed E-state index contributed by atoms with van der Waals surface area (Å²) in [6.45, 7) is 7.99. The first-order valence-electron chi connectivity index (χ1n) is 6.66. The van der Waals surface area contributed by atoms with Gasteiger partial charge in [-0.3, -0.25) is 4.79 Å². The molecule has 0 aliphatic heterocycles. The molecule has 1 N–H and O–H groups in total. The van der Waals surface area contributed by atoms with Crippen LogP contribution in [0.5, 0.6) is 0 Å². The maximum Gasteiger partial charge on any atom is 0.227 e. The van der Waals surface area contributed by atoms with Crippen LogP contribution in [0.3, 0.4) is 0 Å². The van der Waals surface area contributed by atoms with Gasteiger partial charge in [-0.15, -0.1) is 11.3 Å². The van der Waals surface area contributed by atoms with Crippen molar-refractivity contribution in [1.29, 1.82) is 0 Å². The van der Waals surface area contributed by atoms with Gasteiger partial charge in [-0.2, -0.15) is 0 Å². The van der Waals surface area contributed by atoms with E-state index < -0.39 is 0 Å². The number of amides is 1. The van der Waals surface area contributed by atoms with E-state index in [1.54, 1.807) is 0 Å². The van der Waals surface area contributed by atoms with Gasteiger partial charge in [0.15, 0.2) is 0 Å². The molecule has 0 fully saturated rings. The van der Waals surface area contributed by atoms with Crippen molar-refractivity contribution in [2.75, 3.05) is 0 Å². The van der Waals surface area contributed by atoms with E-state index in [-0.39, 0.29) is 11.4 Å². The molecule has 0 bridgehead atoms. The largest absolute Gasteiger partial charge is 0.351 e. The van der Waals surface area contributed by atoms with Crippen molar-refractivity contribution < 1.29 is 4.79 Å². The number of nitrogens with zero attached hydrogens (tertiary/aromatic N) is 1. The maximum atomic E-state index is 11.9. The number of aromatic nitrogens is 1. The van der Waals surface area contributed by atoms with Gasteiger partial charge < -0.3 is 5.32 Å². The fourth-order valence-electron chi connectivity index (χ4n) is 1.93. The second-order valence-electron chi connectivity index (χ2n) is 5.97. The minimum Gasteiger partial charge on any atom is -0.351 e. The fraction of sp³-hybridized carbons (Fsp3) is 0.375. The van der Waals surface area contributed by atoms with Crippen molar-refractivity contribution in [2.45, 2.75) is 39.7 Å². The van der Waals surface area contributed by atoms with Crippen molar-refractivity contribution in [3.63, 3.8) is 0 Å². The van der Waals surface area contributed by atoms with Gasteiger partial charge in [-0.05, 0) is 33.8 Å². The summed E-state index contributed by atoms with van der Waals surface area (Å²) >= 11 is 1.53. The summed E-state index contributed by atoms with van der Waals surface area (Å²) in [6.07, 6.45) is 0.341. The smallest absolute Gasteiger partial charge is 0.227 e. The molecule has 3 nitrogen and oxygen atoms in total. The first kappa shape index (κ1) is 14.7. The molecule has 0 spiro atoms. The van der Waals surface area contributed by atoms with E-state index in [4.69, 9.17) is 0 Å². The summed E-state index contributed by atoms with van der Waals surface area (Å²) < 4.78 is 0. The third-order valence-corrected chi connectivity index (χ3v) is 3.54. The average Bonchev–Trinajstić information content (AvgIpc) is 2.74. The Morgan fingerprint density at radius 2 is 2.10 bits per heavy atom. The van der Waals surface area contributed by atoms with Gasteiger partial charge >= 0.3 is 0 Å². The van der Waals surface area contributed by atoms with Crippen LogP contribution in [-0.4, -0.2) is 16.4 Å². The number of hydrogen-bond donors (Lipinski definition) is 1. The highest BCUT2D eigenvalue weighted by Gasteiger charge is 2.15. The van der Waals surface area contributed by atoms with Gasteiger partial charge in [-0.1, -0.05) is 23.8 Å². The molecular formula is C16H20N2OS. The van der Waals surface area contributed by atoms with Crippen molar-refractivity contribution in [3.05, 3.63) is 40.2 Å². The molecule has 0 atom stereocenters. The number of nitrogens with one attached hydrogen (secondary N) is 1. The lowest BCUT2D eigenvalue weighted by atomic mass is 10.1. The minimum atomic E-state index is -0.201. The van der Waals surface area contributed by atoms with Crippen LogP contribution in [-0.2, 0) is 11.2 Å². The Hall–Kier alpha value is -1.68. The number of rotatable bonds is 3. The molecule has 1 aromatic heterocycles. The molecule has 2 rings (SSSR count). The molecule has 0 saturated heterocycles. The molecule has 1 heterocycles. The molecule has 0 radical (unpaired) electrons. The molecule has 1 aromatic carbocycles. The van der Waals surface area contributed by atoms with Crippen molar-refractivity contribution >= 4 is 17.2 Å². The minimum absolute atomic E-state index is 0.0163. The molecule has 0 aliphatic rings. The molecule has 1 amide bonds. The number of benzene rings is 1. The van der Waals surface area contributed by atoms with Gasteiger partial charge in [-0.25, -0.2) is 4.98 Å². The third-order valence-electron chi connectivity index (χ3n) is 2.69. The summed E-state index contributed by atoms with van der Waals surface area (Å²) in [6, 6.07) is 8.23. The molecule has 0 unspecified atom stereocenters. The molecule has 2 aromatic rings. The van der Waals surface area contributed by atoms with E-state index in [9.17, 15) is 4.79 Å². The Bertz CT molecular complexity index is 611. The van der Waals surface area contributed by atoms with Crippen molar-refractivity contribution in [2.24, 2.45) is 0 Å². The fourth-order valence-corrected chi connectivity index (χ4v) is 2.73. The Morgan fingerprint density at radius 3 is 2.75 bits per heavy atom. The molecule has 106 valence electrons. The first-order chi connectivity index (χ1) is 9.33. The highest BCUT2D eigenvalue weighted by molar-refractivity contribution is 7.10. The van der Waals surface area contributed by atoms with E-state index >= 15 is 0 Å². The van der Waals surface area contributed by atoms with Gasteiger partial charge in [0.25, 0.3) is 0 Å². The van der Waals surface area contributed by atoms with Crippen LogP contribution < -0.4 is 5.32 Å². The van der Waals surface area contributed by atoms with Gasteiger partial charge in [0.05, 0.1) is 12.1 Å². The van der Waals surface area contributed by atoms with Crippen LogP contribution in [0.4, 0.5) is 0 Å². The molecule has 20 heavy (non-hydrogen) atoms.